The molecule has 0 spiro atoms. The first kappa shape index (κ1) is 27.2. The van der Waals surface area contributed by atoms with Gasteiger partial charge in [0, 0.05) is 17.3 Å². The zero-order chi connectivity index (χ0) is 28.7. The highest BCUT2D eigenvalue weighted by Gasteiger charge is 2.54. The minimum Gasteiger partial charge on any atom is -0.0839 e. The Morgan fingerprint density at radius 2 is 1.57 bits per heavy atom. The van der Waals surface area contributed by atoms with Gasteiger partial charge >= 0.3 is 0 Å². The summed E-state index contributed by atoms with van der Waals surface area (Å²) in [5.41, 5.74) is 11.6. The van der Waals surface area contributed by atoms with Gasteiger partial charge in [0.15, 0.2) is 0 Å². The summed E-state index contributed by atoms with van der Waals surface area (Å²) in [4.78, 5) is 0. The summed E-state index contributed by atoms with van der Waals surface area (Å²) in [6.45, 7) is 6.86. The fourth-order valence-electron chi connectivity index (χ4n) is 8.31. The first-order valence-electron chi connectivity index (χ1n) is 16.2. The second-order valence-corrected chi connectivity index (χ2v) is 13.5. The number of fused-ring (bicyclic) bond motifs is 3. The van der Waals surface area contributed by atoms with Crippen LogP contribution in [0.5, 0.6) is 0 Å². The van der Waals surface area contributed by atoms with E-state index in [-0.39, 0.29) is 5.41 Å². The van der Waals surface area contributed by atoms with Gasteiger partial charge in [0.05, 0.1) is 0 Å². The van der Waals surface area contributed by atoms with Gasteiger partial charge in [-0.05, 0) is 95.8 Å². The van der Waals surface area contributed by atoms with Crippen molar-refractivity contribution in [3.05, 3.63) is 160 Å². The maximum atomic E-state index is 2.56. The van der Waals surface area contributed by atoms with Crippen molar-refractivity contribution in [2.75, 3.05) is 0 Å². The number of benzene rings is 2. The van der Waals surface area contributed by atoms with Crippen molar-refractivity contribution in [2.45, 2.75) is 58.3 Å². The first-order chi connectivity index (χ1) is 20.5. The van der Waals surface area contributed by atoms with Gasteiger partial charge in [0.25, 0.3) is 0 Å². The highest BCUT2D eigenvalue weighted by atomic mass is 14.6. The van der Waals surface area contributed by atoms with E-state index in [0.717, 1.165) is 31.6 Å². The van der Waals surface area contributed by atoms with Crippen molar-refractivity contribution in [3.63, 3.8) is 0 Å². The molecule has 0 radical (unpaired) electrons. The summed E-state index contributed by atoms with van der Waals surface area (Å²) >= 11 is 0. The van der Waals surface area contributed by atoms with Gasteiger partial charge in [-0.3, -0.25) is 0 Å². The molecule has 0 heteroatoms. The SMILES string of the molecule is Cc1ccc(C2(C3C=CC(CC4=CCC(C5=CCC(C(C)C)C=C5)C=C4)=CC3)c3ccccc3C3=CC=CCC32)cc1. The Labute approximate surface area is 253 Å². The third-order valence-corrected chi connectivity index (χ3v) is 10.7. The molecular weight excluding hydrogens is 504 g/mol. The van der Waals surface area contributed by atoms with E-state index >= 15 is 0 Å². The number of hydrogen-bond donors (Lipinski definition) is 0. The van der Waals surface area contributed by atoms with Gasteiger partial charge in [-0.15, -0.1) is 0 Å². The Kier molecular flexibility index (Phi) is 7.27. The predicted molar refractivity (Wildman–Crippen MR) is 179 cm³/mol. The smallest absolute Gasteiger partial charge is 0.0346 e. The van der Waals surface area contributed by atoms with E-state index in [2.05, 4.69) is 142 Å². The Bertz CT molecular complexity index is 1590. The van der Waals surface area contributed by atoms with E-state index < -0.39 is 0 Å². The summed E-state index contributed by atoms with van der Waals surface area (Å²) in [6, 6.07) is 18.7. The normalized spacial score (nSPS) is 29.5. The number of aryl methyl sites for hydroxylation is 1. The Hall–Kier alpha value is -3.64. The van der Waals surface area contributed by atoms with Crippen LogP contribution in [0.3, 0.4) is 0 Å². The maximum absolute atomic E-state index is 2.56. The molecule has 5 aliphatic carbocycles. The number of hydrogen-bond acceptors (Lipinski definition) is 0. The molecule has 42 heavy (non-hydrogen) atoms. The molecule has 212 valence electrons. The minimum atomic E-state index is -0.0491. The Morgan fingerprint density at radius 1 is 0.786 bits per heavy atom. The molecule has 0 fully saturated rings. The molecule has 7 rings (SSSR count). The third-order valence-electron chi connectivity index (χ3n) is 10.7. The molecular formula is C42H44. The zero-order valence-corrected chi connectivity index (χ0v) is 25.5. The molecule has 0 saturated heterocycles. The van der Waals surface area contributed by atoms with Gasteiger partial charge < -0.3 is 0 Å². The lowest BCUT2D eigenvalue weighted by molar-refractivity contribution is 0.311. The van der Waals surface area contributed by atoms with Crippen LogP contribution in [0.2, 0.25) is 0 Å². The van der Waals surface area contributed by atoms with Crippen LogP contribution < -0.4 is 0 Å². The van der Waals surface area contributed by atoms with Crippen LogP contribution in [0.4, 0.5) is 0 Å². The standard InChI is InChI=1S/C42H44/c1-29(2)33-20-22-35(23-21-33)34-18-14-31(15-19-34)28-32-16-26-37(27-17-32)42(36-24-12-30(3)13-25-36)40-10-6-4-8-38(40)39-9-5-7-11-41(39)42/h4-10,12-18,20,22-26,29,33-34,37,41H,11,19,21,27-28H2,1-3H3. The molecule has 0 N–H and O–H groups in total. The fraction of sp³-hybridized carbons (Fsp3) is 0.333. The highest BCUT2D eigenvalue weighted by Crippen LogP contribution is 2.61. The molecule has 2 aromatic rings. The van der Waals surface area contributed by atoms with Crippen molar-refractivity contribution < 1.29 is 0 Å². The lowest BCUT2D eigenvalue weighted by Gasteiger charge is -2.44. The zero-order valence-electron chi connectivity index (χ0n) is 25.5. The van der Waals surface area contributed by atoms with E-state index in [1.807, 2.05) is 0 Å². The van der Waals surface area contributed by atoms with E-state index in [1.54, 1.807) is 0 Å². The molecule has 2 aromatic carbocycles. The average molecular weight is 549 g/mol. The van der Waals surface area contributed by atoms with Crippen molar-refractivity contribution in [1.82, 2.24) is 0 Å². The molecule has 0 aromatic heterocycles. The van der Waals surface area contributed by atoms with Gasteiger partial charge in [-0.1, -0.05) is 141 Å². The highest BCUT2D eigenvalue weighted by molar-refractivity contribution is 5.82. The summed E-state index contributed by atoms with van der Waals surface area (Å²) in [5, 5.41) is 0. The molecule has 0 aliphatic heterocycles. The second-order valence-electron chi connectivity index (χ2n) is 13.5. The molecule has 0 saturated carbocycles. The van der Waals surface area contributed by atoms with Crippen LogP contribution in [-0.4, -0.2) is 0 Å². The Balaban J connectivity index is 1.12. The topological polar surface area (TPSA) is 0 Å². The van der Waals surface area contributed by atoms with Crippen LogP contribution in [0.15, 0.2) is 138 Å². The fourth-order valence-corrected chi connectivity index (χ4v) is 8.31. The molecule has 0 nitrogen and oxygen atoms in total. The van der Waals surface area contributed by atoms with Crippen molar-refractivity contribution in [1.29, 1.82) is 0 Å². The summed E-state index contributed by atoms with van der Waals surface area (Å²) in [7, 11) is 0. The summed E-state index contributed by atoms with van der Waals surface area (Å²) in [5.74, 6) is 2.83. The van der Waals surface area contributed by atoms with Gasteiger partial charge in [0.1, 0.15) is 0 Å². The Morgan fingerprint density at radius 3 is 2.26 bits per heavy atom. The number of rotatable bonds is 6. The largest absolute Gasteiger partial charge is 0.0839 e. The molecule has 5 aliphatic rings. The van der Waals surface area contributed by atoms with E-state index in [0.29, 0.717) is 23.7 Å². The van der Waals surface area contributed by atoms with Crippen LogP contribution >= 0.6 is 0 Å². The van der Waals surface area contributed by atoms with Crippen LogP contribution in [0, 0.1) is 36.5 Å². The third kappa shape index (κ3) is 4.70. The monoisotopic (exact) mass is 548 g/mol. The lowest BCUT2D eigenvalue weighted by Crippen LogP contribution is -2.40. The average Bonchev–Trinajstić information content (AvgIpc) is 3.33. The minimum absolute atomic E-state index is 0.0491. The number of allylic oxidation sites excluding steroid dienone is 16. The molecule has 5 atom stereocenters. The van der Waals surface area contributed by atoms with E-state index in [1.165, 1.54) is 51.0 Å². The first-order valence-corrected chi connectivity index (χ1v) is 16.2. The molecule has 0 heterocycles. The van der Waals surface area contributed by atoms with Crippen molar-refractivity contribution >= 4 is 5.57 Å². The lowest BCUT2D eigenvalue weighted by atomic mass is 9.58. The molecule has 5 unspecified atom stereocenters. The van der Waals surface area contributed by atoms with E-state index in [9.17, 15) is 0 Å². The van der Waals surface area contributed by atoms with Crippen LogP contribution in [-0.2, 0) is 5.41 Å². The van der Waals surface area contributed by atoms with Crippen LogP contribution in [0.25, 0.3) is 5.57 Å². The summed E-state index contributed by atoms with van der Waals surface area (Å²) in [6.07, 6.45) is 34.7. The quantitative estimate of drug-likeness (QED) is 0.337. The maximum Gasteiger partial charge on any atom is 0.0346 e. The molecule has 0 amide bonds. The van der Waals surface area contributed by atoms with Crippen molar-refractivity contribution in [2.24, 2.45) is 29.6 Å². The van der Waals surface area contributed by atoms with Gasteiger partial charge in [0.2, 0.25) is 0 Å². The summed E-state index contributed by atoms with van der Waals surface area (Å²) < 4.78 is 0. The van der Waals surface area contributed by atoms with Gasteiger partial charge in [-0.2, -0.15) is 0 Å². The molecule has 0 bridgehead atoms. The van der Waals surface area contributed by atoms with Crippen molar-refractivity contribution in [3.8, 4) is 0 Å². The predicted octanol–water partition coefficient (Wildman–Crippen LogP) is 10.8. The second kappa shape index (κ2) is 11.2. The van der Waals surface area contributed by atoms with E-state index in [4.69, 9.17) is 0 Å². The van der Waals surface area contributed by atoms with Gasteiger partial charge in [-0.25, -0.2) is 0 Å². The van der Waals surface area contributed by atoms with Crippen LogP contribution in [0.1, 0.15) is 68.2 Å².